The molecule has 4 heteroatoms. The molecule has 0 bridgehead atoms. The van der Waals surface area contributed by atoms with Crippen LogP contribution in [0.3, 0.4) is 0 Å². The van der Waals surface area contributed by atoms with E-state index in [2.05, 4.69) is 32.0 Å². The van der Waals surface area contributed by atoms with Crippen molar-refractivity contribution >= 4 is 12.4 Å². The van der Waals surface area contributed by atoms with Crippen molar-refractivity contribution in [1.82, 2.24) is 5.32 Å². The van der Waals surface area contributed by atoms with Gasteiger partial charge in [-0.05, 0) is 33.3 Å². The van der Waals surface area contributed by atoms with Crippen molar-refractivity contribution in [1.29, 1.82) is 0 Å². The van der Waals surface area contributed by atoms with Gasteiger partial charge in [-0.2, -0.15) is 0 Å². The summed E-state index contributed by atoms with van der Waals surface area (Å²) in [4.78, 5) is 0. The van der Waals surface area contributed by atoms with Gasteiger partial charge in [-0.25, -0.2) is 0 Å². The normalized spacial score (nSPS) is 10.4. The Kier molecular flexibility index (Phi) is 8.92. The third kappa shape index (κ3) is 6.29. The fourth-order valence-corrected chi connectivity index (χ4v) is 1.71. The first-order chi connectivity index (χ1) is 9.54. The van der Waals surface area contributed by atoms with Crippen molar-refractivity contribution in [2.45, 2.75) is 46.2 Å². The molecule has 21 heavy (non-hydrogen) atoms. The summed E-state index contributed by atoms with van der Waals surface area (Å²) in [5.74, 6) is 3.99. The SMILES string of the molecule is C#CCOc1c(CNC(C)(C)CC)cccc1OCC.Cl. The average molecular weight is 312 g/mol. The summed E-state index contributed by atoms with van der Waals surface area (Å²) in [6.07, 6.45) is 6.34. The third-order valence-electron chi connectivity index (χ3n) is 3.30. The van der Waals surface area contributed by atoms with Crippen LogP contribution < -0.4 is 14.8 Å². The molecule has 0 spiro atoms. The van der Waals surface area contributed by atoms with Crippen LogP contribution in [0.1, 0.15) is 39.7 Å². The Hall–Kier alpha value is -1.37. The third-order valence-corrected chi connectivity index (χ3v) is 3.30. The van der Waals surface area contributed by atoms with Gasteiger partial charge < -0.3 is 14.8 Å². The summed E-state index contributed by atoms with van der Waals surface area (Å²) < 4.78 is 11.3. The molecule has 0 saturated carbocycles. The van der Waals surface area contributed by atoms with Crippen LogP contribution in [0.5, 0.6) is 11.5 Å². The first kappa shape index (κ1) is 19.6. The predicted molar refractivity (Wildman–Crippen MR) is 90.4 cm³/mol. The highest BCUT2D eigenvalue weighted by molar-refractivity contribution is 5.85. The number of hydrogen-bond acceptors (Lipinski definition) is 3. The second kappa shape index (κ2) is 9.55. The minimum atomic E-state index is 0. The predicted octanol–water partition coefficient (Wildman–Crippen LogP) is 3.80. The number of benzene rings is 1. The van der Waals surface area contributed by atoms with Crippen molar-refractivity contribution in [3.05, 3.63) is 23.8 Å². The van der Waals surface area contributed by atoms with Gasteiger partial charge in [0.1, 0.15) is 6.61 Å². The van der Waals surface area contributed by atoms with E-state index in [1.807, 2.05) is 25.1 Å². The molecule has 3 nitrogen and oxygen atoms in total. The molecule has 1 rings (SSSR count). The summed E-state index contributed by atoms with van der Waals surface area (Å²) in [7, 11) is 0. The highest BCUT2D eigenvalue weighted by Crippen LogP contribution is 2.31. The number of halogens is 1. The first-order valence-corrected chi connectivity index (χ1v) is 7.10. The molecule has 0 aromatic heterocycles. The Morgan fingerprint density at radius 3 is 2.52 bits per heavy atom. The lowest BCUT2D eigenvalue weighted by atomic mass is 10.0. The van der Waals surface area contributed by atoms with Crippen LogP contribution in [0, 0.1) is 12.3 Å². The molecule has 0 heterocycles. The van der Waals surface area contributed by atoms with Gasteiger partial charge in [0, 0.05) is 17.6 Å². The van der Waals surface area contributed by atoms with Gasteiger partial charge in [0.2, 0.25) is 0 Å². The molecule has 0 aliphatic rings. The van der Waals surface area contributed by atoms with E-state index in [-0.39, 0.29) is 24.6 Å². The number of rotatable bonds is 8. The summed E-state index contributed by atoms with van der Waals surface area (Å²) in [5.41, 5.74) is 1.15. The monoisotopic (exact) mass is 311 g/mol. The van der Waals surface area contributed by atoms with Gasteiger partial charge in [0.15, 0.2) is 11.5 Å². The molecule has 0 saturated heterocycles. The largest absolute Gasteiger partial charge is 0.490 e. The van der Waals surface area contributed by atoms with Gasteiger partial charge in [-0.1, -0.05) is 25.0 Å². The van der Waals surface area contributed by atoms with Crippen LogP contribution in [0.25, 0.3) is 0 Å². The van der Waals surface area contributed by atoms with Crippen molar-refractivity contribution in [2.24, 2.45) is 0 Å². The lowest BCUT2D eigenvalue weighted by Gasteiger charge is -2.25. The van der Waals surface area contributed by atoms with Crippen molar-refractivity contribution < 1.29 is 9.47 Å². The summed E-state index contributed by atoms with van der Waals surface area (Å²) in [6, 6.07) is 5.92. The standard InChI is InChI=1S/C17H25NO2.ClH/c1-6-12-20-16-14(13-18-17(4,5)7-2)10-9-11-15(16)19-8-3;/h1,9-11,18H,7-8,12-13H2,2-5H3;1H. The molecule has 118 valence electrons. The number of para-hydroxylation sites is 1. The van der Waals surface area contributed by atoms with E-state index in [4.69, 9.17) is 15.9 Å². The molecule has 0 amide bonds. The number of ether oxygens (including phenoxy) is 2. The highest BCUT2D eigenvalue weighted by Gasteiger charge is 2.16. The summed E-state index contributed by atoms with van der Waals surface area (Å²) in [6.45, 7) is 10.1. The molecule has 0 aliphatic carbocycles. The second-order valence-electron chi connectivity index (χ2n) is 5.26. The van der Waals surface area contributed by atoms with E-state index >= 15 is 0 Å². The highest BCUT2D eigenvalue weighted by atomic mass is 35.5. The Labute approximate surface area is 134 Å². The van der Waals surface area contributed by atoms with Crippen LogP contribution in [-0.2, 0) is 6.54 Å². The van der Waals surface area contributed by atoms with Crippen LogP contribution in [0.4, 0.5) is 0 Å². The minimum absolute atomic E-state index is 0. The molecule has 0 radical (unpaired) electrons. The van der Waals surface area contributed by atoms with Crippen molar-refractivity contribution in [3.8, 4) is 23.8 Å². The van der Waals surface area contributed by atoms with E-state index in [0.717, 1.165) is 30.0 Å². The minimum Gasteiger partial charge on any atom is -0.490 e. The fourth-order valence-electron chi connectivity index (χ4n) is 1.71. The molecule has 1 aromatic carbocycles. The van der Waals surface area contributed by atoms with E-state index in [9.17, 15) is 0 Å². The Morgan fingerprint density at radius 2 is 1.95 bits per heavy atom. The molecule has 1 aromatic rings. The topological polar surface area (TPSA) is 30.5 Å². The molecule has 0 fully saturated rings. The van der Waals surface area contributed by atoms with Gasteiger partial charge in [0.25, 0.3) is 0 Å². The molecular formula is C17H26ClNO2. The van der Waals surface area contributed by atoms with Gasteiger partial charge in [0.05, 0.1) is 6.61 Å². The zero-order valence-corrected chi connectivity index (χ0v) is 14.2. The fraction of sp³-hybridized carbons (Fsp3) is 0.529. The van der Waals surface area contributed by atoms with Crippen LogP contribution in [0.2, 0.25) is 0 Å². The second-order valence-corrected chi connectivity index (χ2v) is 5.26. The number of nitrogens with one attached hydrogen (secondary N) is 1. The van der Waals surface area contributed by atoms with E-state index in [1.54, 1.807) is 0 Å². The lowest BCUT2D eigenvalue weighted by Crippen LogP contribution is -2.37. The quantitative estimate of drug-likeness (QED) is 0.741. The molecule has 0 unspecified atom stereocenters. The number of terminal acetylenes is 1. The van der Waals surface area contributed by atoms with Crippen LogP contribution in [-0.4, -0.2) is 18.8 Å². The summed E-state index contributed by atoms with van der Waals surface area (Å²) in [5, 5.41) is 3.52. The van der Waals surface area contributed by atoms with Gasteiger partial charge in [-0.15, -0.1) is 18.8 Å². The summed E-state index contributed by atoms with van der Waals surface area (Å²) >= 11 is 0. The molecular weight excluding hydrogens is 286 g/mol. The van der Waals surface area contributed by atoms with E-state index in [1.165, 1.54) is 0 Å². The first-order valence-electron chi connectivity index (χ1n) is 7.10. The van der Waals surface area contributed by atoms with Crippen molar-refractivity contribution in [2.75, 3.05) is 13.2 Å². The zero-order chi connectivity index (χ0) is 15.0. The lowest BCUT2D eigenvalue weighted by molar-refractivity contribution is 0.294. The van der Waals surface area contributed by atoms with Crippen molar-refractivity contribution in [3.63, 3.8) is 0 Å². The Morgan fingerprint density at radius 1 is 1.24 bits per heavy atom. The zero-order valence-electron chi connectivity index (χ0n) is 13.4. The van der Waals surface area contributed by atoms with Crippen LogP contribution >= 0.6 is 12.4 Å². The Balaban J connectivity index is 0.00000400. The maximum Gasteiger partial charge on any atom is 0.167 e. The van der Waals surface area contributed by atoms with E-state index in [0.29, 0.717) is 6.61 Å². The maximum absolute atomic E-state index is 5.67. The van der Waals surface area contributed by atoms with Gasteiger partial charge >= 0.3 is 0 Å². The average Bonchev–Trinajstić information content (AvgIpc) is 2.44. The van der Waals surface area contributed by atoms with Gasteiger partial charge in [-0.3, -0.25) is 0 Å². The number of hydrogen-bond donors (Lipinski definition) is 1. The molecule has 0 aliphatic heterocycles. The van der Waals surface area contributed by atoms with E-state index < -0.39 is 0 Å². The smallest absolute Gasteiger partial charge is 0.167 e. The molecule has 0 atom stereocenters. The molecule has 1 N–H and O–H groups in total. The van der Waals surface area contributed by atoms with Crippen LogP contribution in [0.15, 0.2) is 18.2 Å². The maximum atomic E-state index is 5.67. The Bertz CT molecular complexity index is 466.